The molecule has 2 N–H and O–H groups in total. The second-order valence-electron chi connectivity index (χ2n) is 8.02. The van der Waals surface area contributed by atoms with E-state index in [9.17, 15) is 14.3 Å². The predicted octanol–water partition coefficient (Wildman–Crippen LogP) is 4.12. The van der Waals surface area contributed by atoms with Crippen molar-refractivity contribution in [2.45, 2.75) is 38.2 Å². The molecule has 3 aromatic heterocycles. The molecule has 0 amide bonds. The van der Waals surface area contributed by atoms with Crippen LogP contribution in [0.4, 0.5) is 4.39 Å². The molecule has 0 radical (unpaired) electrons. The van der Waals surface area contributed by atoms with Crippen molar-refractivity contribution in [1.29, 1.82) is 0 Å². The third-order valence-electron chi connectivity index (χ3n) is 5.73. The summed E-state index contributed by atoms with van der Waals surface area (Å²) in [6.07, 6.45) is 1.29. The van der Waals surface area contributed by atoms with Gasteiger partial charge >= 0.3 is 5.97 Å². The second kappa shape index (κ2) is 6.91. The van der Waals surface area contributed by atoms with E-state index >= 15 is 0 Å². The van der Waals surface area contributed by atoms with Gasteiger partial charge in [0.25, 0.3) is 0 Å². The molecule has 0 aliphatic carbocycles. The summed E-state index contributed by atoms with van der Waals surface area (Å²) < 4.78 is 21.3. The number of nitrogens with zero attached hydrogens (tertiary/aromatic N) is 3. The molecule has 1 saturated heterocycles. The van der Waals surface area contributed by atoms with Gasteiger partial charge in [-0.15, -0.1) is 0 Å². The van der Waals surface area contributed by atoms with Gasteiger partial charge in [-0.2, -0.15) is 5.10 Å². The molecule has 5 rings (SSSR count). The van der Waals surface area contributed by atoms with Gasteiger partial charge in [-0.05, 0) is 42.7 Å². The molecule has 30 heavy (non-hydrogen) atoms. The summed E-state index contributed by atoms with van der Waals surface area (Å²) in [4.78, 5) is 16.3. The molecule has 1 aliphatic rings. The lowest BCUT2D eigenvalue weighted by atomic mass is 9.91. The van der Waals surface area contributed by atoms with E-state index in [0.29, 0.717) is 18.7 Å². The number of H-pyrrole nitrogens is 1. The summed E-state index contributed by atoms with van der Waals surface area (Å²) in [6, 6.07) is 8.39. The van der Waals surface area contributed by atoms with E-state index < -0.39 is 12.1 Å². The van der Waals surface area contributed by atoms with E-state index in [1.165, 1.54) is 12.1 Å². The minimum Gasteiger partial charge on any atom is -0.479 e. The van der Waals surface area contributed by atoms with E-state index in [1.807, 2.05) is 6.07 Å². The monoisotopic (exact) mass is 408 g/mol. The van der Waals surface area contributed by atoms with Crippen LogP contribution in [0.2, 0.25) is 0 Å². The van der Waals surface area contributed by atoms with Crippen molar-refractivity contribution >= 4 is 28.0 Å². The van der Waals surface area contributed by atoms with Crippen LogP contribution >= 0.6 is 0 Å². The van der Waals surface area contributed by atoms with Gasteiger partial charge in [0.1, 0.15) is 5.82 Å². The number of hydrogen-bond donors (Lipinski definition) is 2. The number of pyridine rings is 1. The number of aliphatic carboxylic acids is 1. The van der Waals surface area contributed by atoms with Crippen LogP contribution in [0.25, 0.3) is 27.8 Å². The van der Waals surface area contributed by atoms with Crippen LogP contribution in [0, 0.1) is 5.82 Å². The van der Waals surface area contributed by atoms with Gasteiger partial charge in [0.2, 0.25) is 0 Å². The molecule has 4 aromatic rings. The van der Waals surface area contributed by atoms with Gasteiger partial charge in [0, 0.05) is 28.2 Å². The van der Waals surface area contributed by atoms with Crippen molar-refractivity contribution in [3.63, 3.8) is 0 Å². The number of nitrogens with one attached hydrogen (secondary N) is 1. The lowest BCUT2D eigenvalue weighted by molar-refractivity contribution is -0.147. The highest BCUT2D eigenvalue weighted by Gasteiger charge is 2.36. The molecule has 1 aromatic carbocycles. The first-order chi connectivity index (χ1) is 14.4. The summed E-state index contributed by atoms with van der Waals surface area (Å²) in [5, 5.41) is 17.3. The van der Waals surface area contributed by atoms with Gasteiger partial charge in [-0.25, -0.2) is 14.2 Å². The maximum absolute atomic E-state index is 13.6. The quantitative estimate of drug-likeness (QED) is 0.530. The van der Waals surface area contributed by atoms with Crippen molar-refractivity contribution < 1.29 is 19.0 Å². The third-order valence-corrected chi connectivity index (χ3v) is 5.73. The number of carbonyl (C=O) groups is 1. The average Bonchev–Trinajstić information content (AvgIpc) is 3.43. The van der Waals surface area contributed by atoms with Gasteiger partial charge in [-0.3, -0.25) is 5.10 Å². The summed E-state index contributed by atoms with van der Waals surface area (Å²) >= 11 is 0. The Hall–Kier alpha value is -3.26. The normalized spacial score (nSPS) is 19.3. The van der Waals surface area contributed by atoms with E-state index in [1.54, 1.807) is 18.3 Å². The number of halogens is 1. The Bertz CT molecular complexity index is 1260. The first kappa shape index (κ1) is 18.7. The highest BCUT2D eigenvalue weighted by Crippen LogP contribution is 2.42. The number of fused-ring (bicyclic) bond motifs is 2. The highest BCUT2D eigenvalue weighted by atomic mass is 19.1. The number of hydrogen-bond acceptors (Lipinski definition) is 4. The van der Waals surface area contributed by atoms with Gasteiger partial charge < -0.3 is 14.4 Å². The number of aromatic nitrogens is 4. The molecule has 1 aliphatic heterocycles. The van der Waals surface area contributed by atoms with E-state index in [-0.39, 0.29) is 17.7 Å². The summed E-state index contributed by atoms with van der Waals surface area (Å²) in [7, 11) is 0. The van der Waals surface area contributed by atoms with Crippen LogP contribution in [0.1, 0.15) is 43.4 Å². The molecule has 2 atom stereocenters. The van der Waals surface area contributed by atoms with E-state index in [0.717, 1.165) is 33.4 Å². The van der Waals surface area contributed by atoms with Gasteiger partial charge in [0.15, 0.2) is 11.8 Å². The zero-order valence-corrected chi connectivity index (χ0v) is 16.6. The minimum absolute atomic E-state index is 0.0967. The lowest BCUT2D eigenvalue weighted by Gasteiger charge is -2.17. The Morgan fingerprint density at radius 1 is 1.33 bits per heavy atom. The SMILES string of the molecule is CC(C)c1c([C@@H]2CO[C@@H](C(=O)O)C2)c2nc3[nH]ncc3cc2n1-c1ccc(F)cc1. The van der Waals surface area contributed by atoms with Crippen molar-refractivity contribution in [1.82, 2.24) is 19.7 Å². The molecule has 154 valence electrons. The maximum atomic E-state index is 13.6. The van der Waals surface area contributed by atoms with Crippen molar-refractivity contribution in [3.8, 4) is 5.69 Å². The Balaban J connectivity index is 1.82. The average molecular weight is 408 g/mol. The third kappa shape index (κ3) is 2.87. The number of rotatable bonds is 4. The number of carboxylic acids is 1. The fourth-order valence-corrected chi connectivity index (χ4v) is 4.45. The highest BCUT2D eigenvalue weighted by molar-refractivity contribution is 5.93. The zero-order valence-electron chi connectivity index (χ0n) is 16.6. The standard InChI is InChI=1S/C22H21FN4O3/c1-11(2)20-18(13-8-17(22(28)29)30-10-13)19-16(7-12-9-24-26-21(12)25-19)27(20)15-5-3-14(23)4-6-15/h3-7,9,11,13,17H,8,10H2,1-2H3,(H,28,29)(H,24,25,26)/t13-,17+/m0/s1. The van der Waals surface area contributed by atoms with E-state index in [2.05, 4.69) is 28.6 Å². The van der Waals surface area contributed by atoms with Crippen molar-refractivity contribution in [2.75, 3.05) is 6.61 Å². The fraction of sp³-hybridized carbons (Fsp3) is 0.318. The van der Waals surface area contributed by atoms with E-state index in [4.69, 9.17) is 9.72 Å². The maximum Gasteiger partial charge on any atom is 0.332 e. The molecule has 1 fully saturated rings. The van der Waals surface area contributed by atoms with Crippen LogP contribution < -0.4 is 0 Å². The topological polar surface area (TPSA) is 93.0 Å². The van der Waals surface area contributed by atoms with Crippen LogP contribution in [0.5, 0.6) is 0 Å². The number of ether oxygens (including phenoxy) is 1. The van der Waals surface area contributed by atoms with Crippen molar-refractivity contribution in [3.05, 3.63) is 53.6 Å². The predicted molar refractivity (Wildman–Crippen MR) is 110 cm³/mol. The summed E-state index contributed by atoms with van der Waals surface area (Å²) in [6.45, 7) is 4.51. The molecular weight excluding hydrogens is 387 g/mol. The minimum atomic E-state index is -0.949. The number of aromatic amines is 1. The van der Waals surface area contributed by atoms with Crippen LogP contribution in [0.15, 0.2) is 36.5 Å². The van der Waals surface area contributed by atoms with Crippen LogP contribution in [0.3, 0.4) is 0 Å². The molecule has 0 spiro atoms. The van der Waals surface area contributed by atoms with Crippen LogP contribution in [-0.2, 0) is 9.53 Å². The number of carboxylic acid groups (broad SMARTS) is 1. The molecular formula is C22H21FN4O3. The molecule has 0 saturated carbocycles. The lowest BCUT2D eigenvalue weighted by Crippen LogP contribution is -2.18. The van der Waals surface area contributed by atoms with Crippen LogP contribution in [-0.4, -0.2) is 43.5 Å². The summed E-state index contributed by atoms with van der Waals surface area (Å²) in [5.74, 6) is -1.22. The smallest absolute Gasteiger partial charge is 0.332 e. The Morgan fingerprint density at radius 2 is 2.10 bits per heavy atom. The van der Waals surface area contributed by atoms with Gasteiger partial charge in [-0.1, -0.05) is 13.8 Å². The van der Waals surface area contributed by atoms with Gasteiger partial charge in [0.05, 0.1) is 23.8 Å². The largest absolute Gasteiger partial charge is 0.479 e. The first-order valence-corrected chi connectivity index (χ1v) is 9.92. The first-order valence-electron chi connectivity index (χ1n) is 9.92. The Morgan fingerprint density at radius 3 is 2.77 bits per heavy atom. The second-order valence-corrected chi connectivity index (χ2v) is 8.02. The zero-order chi connectivity index (χ0) is 21.0. The van der Waals surface area contributed by atoms with Crippen molar-refractivity contribution in [2.24, 2.45) is 0 Å². The number of benzene rings is 1. The molecule has 4 heterocycles. The molecule has 0 unspecified atom stereocenters. The molecule has 7 nitrogen and oxygen atoms in total. The fourth-order valence-electron chi connectivity index (χ4n) is 4.45. The Kier molecular flexibility index (Phi) is 4.32. The summed E-state index contributed by atoms with van der Waals surface area (Å²) in [5.41, 5.74) is 5.19. The Labute approximate surface area is 171 Å². The molecule has 8 heteroatoms. The molecule has 0 bridgehead atoms.